The standard InChI is InChI=1S/C17H26N2O5S/c1-13(2)24-11-5-8-18-25(22,23)14-6-7-16(15(12-14)17(20)21)19-9-3-4-10-19/h6-7,12-13,18H,3-5,8-11H2,1-2H3,(H,20,21). The van der Waals surface area contributed by atoms with Gasteiger partial charge in [0.25, 0.3) is 0 Å². The maximum atomic E-state index is 12.4. The van der Waals surface area contributed by atoms with Crippen molar-refractivity contribution in [2.45, 2.75) is 44.1 Å². The number of aromatic carboxylic acids is 1. The van der Waals surface area contributed by atoms with E-state index < -0.39 is 16.0 Å². The number of carbonyl (C=O) groups is 1. The van der Waals surface area contributed by atoms with Gasteiger partial charge in [-0.15, -0.1) is 0 Å². The van der Waals surface area contributed by atoms with Gasteiger partial charge in [0, 0.05) is 26.2 Å². The normalized spacial score (nSPS) is 15.1. The van der Waals surface area contributed by atoms with E-state index in [9.17, 15) is 18.3 Å². The molecule has 7 nitrogen and oxygen atoms in total. The third-order valence-corrected chi connectivity index (χ3v) is 5.48. The average Bonchev–Trinajstić information content (AvgIpc) is 3.07. The van der Waals surface area contributed by atoms with E-state index in [-0.39, 0.29) is 23.1 Å². The molecule has 1 aromatic carbocycles. The molecule has 140 valence electrons. The minimum Gasteiger partial charge on any atom is -0.478 e. The summed E-state index contributed by atoms with van der Waals surface area (Å²) in [5.74, 6) is -1.12. The fraction of sp³-hybridized carbons (Fsp3) is 0.588. The number of hydrogen-bond donors (Lipinski definition) is 2. The van der Waals surface area contributed by atoms with Gasteiger partial charge in [-0.05, 0) is 51.3 Å². The van der Waals surface area contributed by atoms with Crippen LogP contribution in [0.15, 0.2) is 23.1 Å². The Morgan fingerprint density at radius 1 is 1.32 bits per heavy atom. The van der Waals surface area contributed by atoms with Crippen LogP contribution in [0.2, 0.25) is 0 Å². The van der Waals surface area contributed by atoms with Crippen LogP contribution in [-0.4, -0.2) is 51.8 Å². The number of anilines is 1. The van der Waals surface area contributed by atoms with Gasteiger partial charge in [-0.2, -0.15) is 0 Å². The van der Waals surface area contributed by atoms with Crippen LogP contribution in [0.4, 0.5) is 5.69 Å². The van der Waals surface area contributed by atoms with Gasteiger partial charge in [-0.1, -0.05) is 0 Å². The molecule has 2 rings (SSSR count). The lowest BCUT2D eigenvalue weighted by molar-refractivity contribution is 0.0697. The molecule has 0 aliphatic carbocycles. The zero-order valence-electron chi connectivity index (χ0n) is 14.7. The van der Waals surface area contributed by atoms with E-state index >= 15 is 0 Å². The number of sulfonamides is 1. The van der Waals surface area contributed by atoms with E-state index in [2.05, 4.69) is 4.72 Å². The Kier molecular flexibility index (Phi) is 6.80. The van der Waals surface area contributed by atoms with Crippen LogP contribution in [0.25, 0.3) is 0 Å². The van der Waals surface area contributed by atoms with Crippen molar-refractivity contribution in [3.8, 4) is 0 Å². The summed E-state index contributed by atoms with van der Waals surface area (Å²) in [6, 6.07) is 4.29. The molecule has 0 unspecified atom stereocenters. The van der Waals surface area contributed by atoms with E-state index in [1.807, 2.05) is 18.7 Å². The molecule has 0 saturated carbocycles. The predicted molar refractivity (Wildman–Crippen MR) is 95.7 cm³/mol. The number of nitrogens with zero attached hydrogens (tertiary/aromatic N) is 1. The summed E-state index contributed by atoms with van der Waals surface area (Å²) in [6.45, 7) is 6.12. The zero-order valence-corrected chi connectivity index (χ0v) is 15.5. The molecule has 1 heterocycles. The Balaban J connectivity index is 2.09. The fourth-order valence-corrected chi connectivity index (χ4v) is 3.87. The highest BCUT2D eigenvalue weighted by molar-refractivity contribution is 7.89. The first-order chi connectivity index (χ1) is 11.8. The summed E-state index contributed by atoms with van der Waals surface area (Å²) in [7, 11) is -3.74. The molecule has 25 heavy (non-hydrogen) atoms. The zero-order chi connectivity index (χ0) is 18.4. The second-order valence-corrected chi connectivity index (χ2v) is 8.12. The minimum absolute atomic E-state index is 0.0212. The number of nitrogens with one attached hydrogen (secondary N) is 1. The Bertz CT molecular complexity index is 697. The average molecular weight is 370 g/mol. The number of rotatable bonds is 9. The van der Waals surface area contributed by atoms with Gasteiger partial charge >= 0.3 is 5.97 Å². The van der Waals surface area contributed by atoms with Crippen LogP contribution in [0.5, 0.6) is 0 Å². The largest absolute Gasteiger partial charge is 0.478 e. The number of carboxylic acids is 1. The Morgan fingerprint density at radius 3 is 2.60 bits per heavy atom. The van der Waals surface area contributed by atoms with Crippen molar-refractivity contribution in [3.63, 3.8) is 0 Å². The lowest BCUT2D eigenvalue weighted by atomic mass is 10.1. The first kappa shape index (κ1) is 19.7. The van der Waals surface area contributed by atoms with Gasteiger partial charge < -0.3 is 14.7 Å². The lowest BCUT2D eigenvalue weighted by Crippen LogP contribution is -2.27. The lowest BCUT2D eigenvalue weighted by Gasteiger charge is -2.20. The van der Waals surface area contributed by atoms with E-state index in [1.165, 1.54) is 12.1 Å². The van der Waals surface area contributed by atoms with Crippen molar-refractivity contribution in [2.75, 3.05) is 31.1 Å². The molecule has 1 aromatic rings. The highest BCUT2D eigenvalue weighted by Gasteiger charge is 2.23. The van der Waals surface area contributed by atoms with Crippen LogP contribution >= 0.6 is 0 Å². The third-order valence-electron chi connectivity index (χ3n) is 4.02. The summed E-state index contributed by atoms with van der Waals surface area (Å²) in [6.07, 6.45) is 2.68. The fourth-order valence-electron chi connectivity index (χ4n) is 2.77. The monoisotopic (exact) mass is 370 g/mol. The molecule has 0 radical (unpaired) electrons. The molecular weight excluding hydrogens is 344 g/mol. The van der Waals surface area contributed by atoms with Gasteiger partial charge in [0.2, 0.25) is 10.0 Å². The predicted octanol–water partition coefficient (Wildman–Crippen LogP) is 2.08. The van der Waals surface area contributed by atoms with Gasteiger partial charge in [0.1, 0.15) is 0 Å². The van der Waals surface area contributed by atoms with Gasteiger partial charge in [0.15, 0.2) is 0 Å². The Labute approximate surface area is 149 Å². The maximum absolute atomic E-state index is 12.4. The minimum atomic E-state index is -3.74. The first-order valence-electron chi connectivity index (χ1n) is 8.55. The molecule has 2 N–H and O–H groups in total. The quantitative estimate of drug-likeness (QED) is 0.646. The van der Waals surface area contributed by atoms with Crippen LogP contribution in [0.1, 0.15) is 43.5 Å². The second kappa shape index (κ2) is 8.64. The van der Waals surface area contributed by atoms with Gasteiger partial charge in [0.05, 0.1) is 22.3 Å². The highest BCUT2D eigenvalue weighted by Crippen LogP contribution is 2.27. The molecule has 1 saturated heterocycles. The summed E-state index contributed by atoms with van der Waals surface area (Å²) in [4.78, 5) is 13.5. The van der Waals surface area contributed by atoms with Gasteiger partial charge in [-0.25, -0.2) is 17.9 Å². The van der Waals surface area contributed by atoms with Crippen LogP contribution in [-0.2, 0) is 14.8 Å². The summed E-state index contributed by atoms with van der Waals surface area (Å²) >= 11 is 0. The molecule has 0 bridgehead atoms. The summed E-state index contributed by atoms with van der Waals surface area (Å²) in [5, 5.41) is 9.46. The van der Waals surface area contributed by atoms with Gasteiger partial charge in [-0.3, -0.25) is 0 Å². The van der Waals surface area contributed by atoms with Crippen LogP contribution in [0.3, 0.4) is 0 Å². The maximum Gasteiger partial charge on any atom is 0.337 e. The van der Waals surface area contributed by atoms with Crippen molar-refractivity contribution in [3.05, 3.63) is 23.8 Å². The number of carboxylic acid groups (broad SMARTS) is 1. The molecule has 0 atom stereocenters. The van der Waals surface area contributed by atoms with E-state index in [0.717, 1.165) is 25.9 Å². The molecule has 8 heteroatoms. The number of benzene rings is 1. The highest BCUT2D eigenvalue weighted by atomic mass is 32.2. The molecule has 1 aliphatic rings. The molecule has 1 fully saturated rings. The third kappa shape index (κ3) is 5.42. The SMILES string of the molecule is CC(C)OCCCNS(=O)(=O)c1ccc(N2CCCC2)c(C(=O)O)c1. The van der Waals surface area contributed by atoms with Crippen LogP contribution < -0.4 is 9.62 Å². The van der Waals surface area contributed by atoms with Crippen molar-refractivity contribution in [1.82, 2.24) is 4.72 Å². The molecule has 1 aliphatic heterocycles. The molecule has 0 amide bonds. The number of hydrogen-bond acceptors (Lipinski definition) is 5. The summed E-state index contributed by atoms with van der Waals surface area (Å²) in [5.41, 5.74) is 0.599. The number of ether oxygens (including phenoxy) is 1. The molecule has 0 spiro atoms. The first-order valence-corrected chi connectivity index (χ1v) is 10.0. The van der Waals surface area contributed by atoms with Crippen molar-refractivity contribution in [2.24, 2.45) is 0 Å². The van der Waals surface area contributed by atoms with E-state index in [4.69, 9.17) is 4.74 Å². The molecule has 0 aromatic heterocycles. The van der Waals surface area contributed by atoms with Crippen LogP contribution in [0, 0.1) is 0 Å². The summed E-state index contributed by atoms with van der Waals surface area (Å²) < 4.78 is 32.6. The van der Waals surface area contributed by atoms with Crippen molar-refractivity contribution in [1.29, 1.82) is 0 Å². The Morgan fingerprint density at radius 2 is 2.00 bits per heavy atom. The second-order valence-electron chi connectivity index (χ2n) is 6.35. The van der Waals surface area contributed by atoms with Crippen molar-refractivity contribution < 1.29 is 23.1 Å². The smallest absolute Gasteiger partial charge is 0.337 e. The topological polar surface area (TPSA) is 95.9 Å². The Hall–Kier alpha value is -1.64. The molecular formula is C17H26N2O5S. The van der Waals surface area contributed by atoms with Crippen molar-refractivity contribution >= 4 is 21.7 Å². The van der Waals surface area contributed by atoms with E-state index in [0.29, 0.717) is 18.7 Å². The van der Waals surface area contributed by atoms with E-state index in [1.54, 1.807) is 6.07 Å².